The molecule has 0 radical (unpaired) electrons. The number of hydrogen-bond acceptors (Lipinski definition) is 5. The first-order valence-electron chi connectivity index (χ1n) is 6.54. The molecule has 2 rings (SSSR count). The van der Waals surface area contributed by atoms with Crippen LogP contribution in [0.3, 0.4) is 0 Å². The van der Waals surface area contributed by atoms with Crippen molar-refractivity contribution in [1.82, 2.24) is 9.97 Å². The Balaban J connectivity index is 2.11. The zero-order valence-electron chi connectivity index (χ0n) is 11.2. The van der Waals surface area contributed by atoms with Gasteiger partial charge in [0.05, 0.1) is 6.10 Å². The number of ether oxygens (including phenoxy) is 1. The van der Waals surface area contributed by atoms with Gasteiger partial charge in [-0.3, -0.25) is 0 Å². The van der Waals surface area contributed by atoms with E-state index in [-0.39, 0.29) is 17.7 Å². The van der Waals surface area contributed by atoms with Crippen LogP contribution in [0.2, 0.25) is 0 Å². The maximum atomic E-state index is 11.0. The lowest BCUT2D eigenvalue weighted by Crippen LogP contribution is -2.20. The normalized spacial score (nSPS) is 18.8. The van der Waals surface area contributed by atoms with E-state index in [0.29, 0.717) is 18.2 Å². The summed E-state index contributed by atoms with van der Waals surface area (Å²) < 4.78 is 5.51. The van der Waals surface area contributed by atoms with Crippen LogP contribution >= 0.6 is 0 Å². The van der Waals surface area contributed by atoms with E-state index >= 15 is 0 Å². The highest BCUT2D eigenvalue weighted by molar-refractivity contribution is 5.86. The van der Waals surface area contributed by atoms with E-state index in [1.807, 2.05) is 13.8 Å². The second kappa shape index (κ2) is 5.97. The van der Waals surface area contributed by atoms with Gasteiger partial charge < -0.3 is 15.2 Å². The van der Waals surface area contributed by atoms with Gasteiger partial charge >= 0.3 is 5.97 Å². The topological polar surface area (TPSA) is 84.3 Å². The van der Waals surface area contributed by atoms with E-state index in [9.17, 15) is 4.79 Å². The predicted octanol–water partition coefficient (Wildman–Crippen LogP) is 1.89. The van der Waals surface area contributed by atoms with Gasteiger partial charge in [-0.15, -0.1) is 0 Å². The van der Waals surface area contributed by atoms with Crippen LogP contribution in [-0.2, 0) is 4.74 Å². The summed E-state index contributed by atoms with van der Waals surface area (Å²) in [5.74, 6) is 0.133. The average Bonchev–Trinajstić information content (AvgIpc) is 2.89. The average molecular weight is 265 g/mol. The van der Waals surface area contributed by atoms with Crippen LogP contribution in [0.4, 0.5) is 5.82 Å². The molecule has 1 unspecified atom stereocenters. The van der Waals surface area contributed by atoms with Gasteiger partial charge in [-0.2, -0.15) is 0 Å². The summed E-state index contributed by atoms with van der Waals surface area (Å²) in [4.78, 5) is 19.4. The lowest BCUT2D eigenvalue weighted by Gasteiger charge is -2.13. The summed E-state index contributed by atoms with van der Waals surface area (Å²) in [6.07, 6.45) is 2.29. The van der Waals surface area contributed by atoms with Gasteiger partial charge in [0.1, 0.15) is 11.6 Å². The molecule has 6 heteroatoms. The monoisotopic (exact) mass is 265 g/mol. The van der Waals surface area contributed by atoms with Crippen LogP contribution in [0.5, 0.6) is 0 Å². The van der Waals surface area contributed by atoms with E-state index in [1.165, 1.54) is 6.07 Å². The Morgan fingerprint density at radius 3 is 2.95 bits per heavy atom. The standard InChI is InChI=1S/C13H19N3O3/c1-8(2)12-15-10(13(17)18)6-11(16-12)14-7-9-4-3-5-19-9/h6,8-9H,3-5,7H2,1-2H3,(H,17,18)(H,14,15,16). The van der Waals surface area contributed by atoms with Crippen molar-refractivity contribution in [2.45, 2.75) is 38.7 Å². The van der Waals surface area contributed by atoms with Crippen molar-refractivity contribution in [1.29, 1.82) is 0 Å². The highest BCUT2D eigenvalue weighted by atomic mass is 16.5. The molecule has 1 fully saturated rings. The predicted molar refractivity (Wildman–Crippen MR) is 70.5 cm³/mol. The van der Waals surface area contributed by atoms with Crippen molar-refractivity contribution in [3.63, 3.8) is 0 Å². The minimum Gasteiger partial charge on any atom is -0.477 e. The van der Waals surface area contributed by atoms with Gasteiger partial charge in [0.25, 0.3) is 0 Å². The number of hydrogen-bond donors (Lipinski definition) is 2. The molecule has 0 saturated carbocycles. The Hall–Kier alpha value is -1.69. The van der Waals surface area contributed by atoms with Gasteiger partial charge in [0.15, 0.2) is 5.69 Å². The molecule has 2 heterocycles. The second-order valence-corrected chi connectivity index (χ2v) is 4.97. The summed E-state index contributed by atoms with van der Waals surface area (Å²) in [7, 11) is 0. The molecule has 6 nitrogen and oxygen atoms in total. The van der Waals surface area contributed by atoms with Gasteiger partial charge in [-0.05, 0) is 12.8 Å². The molecule has 104 valence electrons. The molecule has 1 saturated heterocycles. The molecule has 0 amide bonds. The third kappa shape index (κ3) is 3.64. The highest BCUT2D eigenvalue weighted by Gasteiger charge is 2.17. The van der Waals surface area contributed by atoms with E-state index in [2.05, 4.69) is 15.3 Å². The molecule has 19 heavy (non-hydrogen) atoms. The van der Waals surface area contributed by atoms with E-state index < -0.39 is 5.97 Å². The summed E-state index contributed by atoms with van der Waals surface area (Å²) in [5.41, 5.74) is 0.0218. The van der Waals surface area contributed by atoms with Crippen molar-refractivity contribution in [2.75, 3.05) is 18.5 Å². The maximum Gasteiger partial charge on any atom is 0.354 e. The summed E-state index contributed by atoms with van der Waals surface area (Å²) in [5, 5.41) is 12.2. The number of anilines is 1. The first-order chi connectivity index (χ1) is 9.06. The van der Waals surface area contributed by atoms with Crippen LogP contribution in [0.1, 0.15) is 48.9 Å². The van der Waals surface area contributed by atoms with Crippen LogP contribution in [0.15, 0.2) is 6.07 Å². The summed E-state index contributed by atoms with van der Waals surface area (Å²) in [6, 6.07) is 1.46. The van der Waals surface area contributed by atoms with E-state index in [0.717, 1.165) is 19.4 Å². The number of carboxylic acid groups (broad SMARTS) is 1. The molecule has 1 aromatic heterocycles. The number of nitrogens with one attached hydrogen (secondary N) is 1. The third-order valence-electron chi connectivity index (χ3n) is 3.01. The molecule has 1 aliphatic rings. The highest BCUT2D eigenvalue weighted by Crippen LogP contribution is 2.16. The first kappa shape index (κ1) is 13.7. The third-order valence-corrected chi connectivity index (χ3v) is 3.01. The van der Waals surface area contributed by atoms with E-state index in [4.69, 9.17) is 9.84 Å². The molecule has 1 aromatic rings. The fourth-order valence-corrected chi connectivity index (χ4v) is 1.95. The SMILES string of the molecule is CC(C)c1nc(NCC2CCCO2)cc(C(=O)O)n1. The molecule has 0 bridgehead atoms. The number of aromatic carboxylic acids is 1. The summed E-state index contributed by atoms with van der Waals surface area (Å²) >= 11 is 0. The molecular formula is C13H19N3O3. The van der Waals surface area contributed by atoms with Gasteiger partial charge in [0, 0.05) is 25.1 Å². The first-order valence-corrected chi connectivity index (χ1v) is 6.54. The van der Waals surface area contributed by atoms with Crippen molar-refractivity contribution in [3.05, 3.63) is 17.6 Å². The molecule has 2 N–H and O–H groups in total. The maximum absolute atomic E-state index is 11.0. The Kier molecular flexibility index (Phi) is 4.31. The molecule has 1 atom stereocenters. The van der Waals surface area contributed by atoms with Crippen LogP contribution in [-0.4, -0.2) is 40.3 Å². The van der Waals surface area contributed by atoms with Gasteiger partial charge in [-0.1, -0.05) is 13.8 Å². The minimum atomic E-state index is -1.04. The summed E-state index contributed by atoms with van der Waals surface area (Å²) in [6.45, 7) is 5.32. The molecular weight excluding hydrogens is 246 g/mol. The Labute approximate surface area is 112 Å². The second-order valence-electron chi connectivity index (χ2n) is 4.97. The number of nitrogens with zero attached hydrogens (tertiary/aromatic N) is 2. The Morgan fingerprint density at radius 2 is 2.37 bits per heavy atom. The fraction of sp³-hybridized carbons (Fsp3) is 0.615. The number of rotatable bonds is 5. The lowest BCUT2D eigenvalue weighted by molar-refractivity contribution is 0.0690. The Bertz CT molecular complexity index is 456. The van der Waals surface area contributed by atoms with Gasteiger partial charge in [-0.25, -0.2) is 14.8 Å². The zero-order valence-corrected chi connectivity index (χ0v) is 11.2. The lowest BCUT2D eigenvalue weighted by atomic mass is 10.2. The smallest absolute Gasteiger partial charge is 0.354 e. The molecule has 0 aromatic carbocycles. The zero-order chi connectivity index (χ0) is 13.8. The van der Waals surface area contributed by atoms with Crippen molar-refractivity contribution in [3.8, 4) is 0 Å². The van der Waals surface area contributed by atoms with Crippen molar-refractivity contribution in [2.24, 2.45) is 0 Å². The number of carboxylic acids is 1. The van der Waals surface area contributed by atoms with Crippen molar-refractivity contribution >= 4 is 11.8 Å². The van der Waals surface area contributed by atoms with Gasteiger partial charge in [0.2, 0.25) is 0 Å². The van der Waals surface area contributed by atoms with Crippen LogP contribution in [0, 0.1) is 0 Å². The quantitative estimate of drug-likeness (QED) is 0.845. The van der Waals surface area contributed by atoms with E-state index in [1.54, 1.807) is 0 Å². The molecule has 0 spiro atoms. The molecule has 0 aliphatic carbocycles. The van der Waals surface area contributed by atoms with Crippen LogP contribution in [0.25, 0.3) is 0 Å². The largest absolute Gasteiger partial charge is 0.477 e. The molecule has 1 aliphatic heterocycles. The number of aromatic nitrogens is 2. The van der Waals surface area contributed by atoms with Crippen LogP contribution < -0.4 is 5.32 Å². The van der Waals surface area contributed by atoms with Crippen molar-refractivity contribution < 1.29 is 14.6 Å². The Morgan fingerprint density at radius 1 is 1.58 bits per heavy atom. The number of carbonyl (C=O) groups is 1. The minimum absolute atomic E-state index is 0.0218. The fourth-order valence-electron chi connectivity index (χ4n) is 1.95.